The van der Waals surface area contributed by atoms with E-state index in [1.807, 2.05) is 19.9 Å². The van der Waals surface area contributed by atoms with Crippen LogP contribution in [-0.2, 0) is 9.53 Å². The van der Waals surface area contributed by atoms with Crippen LogP contribution in [0.3, 0.4) is 0 Å². The van der Waals surface area contributed by atoms with E-state index in [4.69, 9.17) is 9.68 Å². The number of fused-ring (bicyclic) bond motifs is 3. The number of carbonyl (C=O) groups excluding carboxylic acids is 1. The van der Waals surface area contributed by atoms with Crippen molar-refractivity contribution < 1.29 is 27.1 Å². The number of benzene rings is 2. The highest BCUT2D eigenvalue weighted by atomic mass is 19.4. The topological polar surface area (TPSA) is 75.3 Å². The van der Waals surface area contributed by atoms with Crippen molar-refractivity contribution in [2.24, 2.45) is 5.92 Å². The molecule has 0 amide bonds. The molecule has 3 aromatic rings. The second-order valence-electron chi connectivity index (χ2n) is 7.53. The number of carbonyl (C=O) groups is 1. The minimum atomic E-state index is -4.64. The van der Waals surface area contributed by atoms with Gasteiger partial charge in [0.05, 0.1) is 18.7 Å². The minimum absolute atomic E-state index is 0.0114. The summed E-state index contributed by atoms with van der Waals surface area (Å²) in [5.41, 5.74) is 1.10. The van der Waals surface area contributed by atoms with Gasteiger partial charge < -0.3 is 9.15 Å². The second kappa shape index (κ2) is 8.36. The zero-order chi connectivity index (χ0) is 22.1. The van der Waals surface area contributed by atoms with Crippen LogP contribution >= 0.6 is 0 Å². The highest BCUT2D eigenvalue weighted by molar-refractivity contribution is 6.05. The summed E-state index contributed by atoms with van der Waals surface area (Å²) < 4.78 is 52.1. The molecule has 0 bridgehead atoms. The van der Waals surface area contributed by atoms with E-state index in [2.05, 4.69) is 10.1 Å². The van der Waals surface area contributed by atoms with Gasteiger partial charge in [0.15, 0.2) is 0 Å². The number of esters is 1. The van der Waals surface area contributed by atoms with Crippen LogP contribution in [0.1, 0.15) is 37.4 Å². The van der Waals surface area contributed by atoms with E-state index in [1.165, 1.54) is 18.2 Å². The van der Waals surface area contributed by atoms with Gasteiger partial charge in [-0.25, -0.2) is 0 Å². The van der Waals surface area contributed by atoms with E-state index in [9.17, 15) is 18.0 Å². The van der Waals surface area contributed by atoms with E-state index in [0.29, 0.717) is 21.9 Å². The maximum atomic E-state index is 13.9. The molecule has 0 radical (unpaired) electrons. The molecule has 158 valence electrons. The molecule has 3 rings (SSSR count). The third-order valence-electron chi connectivity index (χ3n) is 4.85. The molecule has 0 aliphatic heterocycles. The van der Waals surface area contributed by atoms with Gasteiger partial charge in [-0.3, -0.25) is 10.1 Å². The fourth-order valence-electron chi connectivity index (χ4n) is 3.47. The van der Waals surface area contributed by atoms with E-state index in [1.54, 1.807) is 18.2 Å². The number of rotatable bonds is 6. The van der Waals surface area contributed by atoms with Gasteiger partial charge in [-0.1, -0.05) is 26.0 Å². The summed E-state index contributed by atoms with van der Waals surface area (Å²) >= 11 is 0. The van der Waals surface area contributed by atoms with Gasteiger partial charge in [0, 0.05) is 10.8 Å². The number of nitriles is 1. The second-order valence-corrected chi connectivity index (χ2v) is 7.53. The van der Waals surface area contributed by atoms with Gasteiger partial charge in [0.2, 0.25) is 0 Å². The molecule has 0 saturated heterocycles. The molecule has 8 heteroatoms. The number of hydrogen-bond acceptors (Lipinski definition) is 5. The summed E-state index contributed by atoms with van der Waals surface area (Å²) in [4.78, 5) is 12.0. The molecule has 1 heterocycles. The summed E-state index contributed by atoms with van der Waals surface area (Å²) in [5, 5.41) is 12.8. The van der Waals surface area contributed by atoms with Crippen LogP contribution in [-0.4, -0.2) is 25.3 Å². The third-order valence-corrected chi connectivity index (χ3v) is 4.85. The summed E-state index contributed by atoms with van der Waals surface area (Å²) in [6.07, 6.45) is -4.44. The van der Waals surface area contributed by atoms with E-state index in [0.717, 1.165) is 7.11 Å². The predicted octanol–water partition coefficient (Wildman–Crippen LogP) is 5.24. The first kappa shape index (κ1) is 21.7. The Morgan fingerprint density at radius 3 is 2.50 bits per heavy atom. The molecule has 0 spiro atoms. The molecule has 1 aromatic heterocycles. The van der Waals surface area contributed by atoms with Crippen molar-refractivity contribution >= 4 is 27.9 Å². The number of methoxy groups -OCH3 is 1. The zero-order valence-electron chi connectivity index (χ0n) is 16.7. The average Bonchev–Trinajstić information content (AvgIpc) is 3.05. The Hall–Kier alpha value is -3.05. The van der Waals surface area contributed by atoms with Crippen molar-refractivity contribution in [1.29, 1.82) is 5.26 Å². The highest BCUT2D eigenvalue weighted by Crippen LogP contribution is 2.37. The molecule has 2 atom stereocenters. The number of hydrogen-bond donors (Lipinski definition) is 1. The number of ether oxygens (including phenoxy) is 1. The summed E-state index contributed by atoms with van der Waals surface area (Å²) in [6.45, 7) is 3.63. The van der Waals surface area contributed by atoms with Crippen molar-refractivity contribution in [2.45, 2.75) is 38.5 Å². The lowest BCUT2D eigenvalue weighted by Crippen LogP contribution is -2.45. The lowest BCUT2D eigenvalue weighted by Gasteiger charge is -2.27. The summed E-state index contributed by atoms with van der Waals surface area (Å²) in [6, 6.07) is 7.89. The first-order chi connectivity index (χ1) is 14.1. The largest absolute Gasteiger partial charge is 0.468 e. The van der Waals surface area contributed by atoms with Crippen molar-refractivity contribution in [2.75, 3.05) is 7.11 Å². The van der Waals surface area contributed by atoms with E-state index >= 15 is 0 Å². The first-order valence-electron chi connectivity index (χ1n) is 9.41. The van der Waals surface area contributed by atoms with Crippen LogP contribution in [0.15, 0.2) is 40.8 Å². The van der Waals surface area contributed by atoms with Crippen molar-refractivity contribution in [3.63, 3.8) is 0 Å². The Labute approximate surface area is 171 Å². The smallest absolute Gasteiger partial charge is 0.407 e. The molecule has 1 N–H and O–H groups in total. The molecule has 0 aliphatic rings. The Bertz CT molecular complexity index is 1110. The molecular formula is C22H21F3N2O3. The molecule has 5 nitrogen and oxygen atoms in total. The molecule has 2 aromatic carbocycles. The van der Waals surface area contributed by atoms with Crippen LogP contribution in [0.2, 0.25) is 0 Å². The van der Waals surface area contributed by atoms with E-state index in [-0.39, 0.29) is 23.5 Å². The zero-order valence-corrected chi connectivity index (χ0v) is 16.7. The summed E-state index contributed by atoms with van der Waals surface area (Å²) in [5.74, 6) is -0.755. The quantitative estimate of drug-likeness (QED) is 0.554. The van der Waals surface area contributed by atoms with Gasteiger partial charge in [0.1, 0.15) is 23.2 Å². The van der Waals surface area contributed by atoms with Crippen molar-refractivity contribution in [3.8, 4) is 6.07 Å². The molecule has 0 saturated carbocycles. The molecule has 1 unspecified atom stereocenters. The molecule has 30 heavy (non-hydrogen) atoms. The number of furan rings is 1. The first-order valence-corrected chi connectivity index (χ1v) is 9.41. The normalized spacial score (nSPS) is 14.1. The highest BCUT2D eigenvalue weighted by Gasteiger charge is 2.43. The lowest BCUT2D eigenvalue weighted by atomic mass is 9.99. The minimum Gasteiger partial charge on any atom is -0.468 e. The number of halogens is 3. The van der Waals surface area contributed by atoms with Crippen molar-refractivity contribution in [3.05, 3.63) is 47.5 Å². The predicted molar refractivity (Wildman–Crippen MR) is 106 cm³/mol. The summed E-state index contributed by atoms with van der Waals surface area (Å²) in [7, 11) is 1.15. The van der Waals surface area contributed by atoms with Gasteiger partial charge in [-0.15, -0.1) is 0 Å². The molecule has 0 fully saturated rings. The third kappa shape index (κ3) is 4.41. The van der Waals surface area contributed by atoms with Crippen LogP contribution in [0.4, 0.5) is 13.2 Å². The van der Waals surface area contributed by atoms with Gasteiger partial charge in [0.25, 0.3) is 0 Å². The number of alkyl halides is 3. The van der Waals surface area contributed by atoms with E-state index < -0.39 is 24.2 Å². The fraction of sp³-hybridized carbons (Fsp3) is 0.364. The van der Waals surface area contributed by atoms with Crippen LogP contribution < -0.4 is 5.32 Å². The maximum Gasteiger partial charge on any atom is 0.407 e. The van der Waals surface area contributed by atoms with Crippen molar-refractivity contribution in [1.82, 2.24) is 5.32 Å². The molecular weight excluding hydrogens is 397 g/mol. The van der Waals surface area contributed by atoms with Crippen LogP contribution in [0, 0.1) is 17.2 Å². The van der Waals surface area contributed by atoms with Crippen LogP contribution in [0.5, 0.6) is 0 Å². The van der Waals surface area contributed by atoms with Gasteiger partial charge in [-0.05, 0) is 42.2 Å². The monoisotopic (exact) mass is 418 g/mol. The Kier molecular flexibility index (Phi) is 6.04. The standard InChI is InChI=1S/C22H21F3N2O3/c1-12(2)8-17(21(28)29-3)27-20(22(23,24)25)14-5-6-15-16-9-13(11-26)4-7-18(16)30-19(15)10-14/h4-7,9-10,12,17,20,27H,8H2,1-3H3/t17-,20?/m0/s1. The lowest BCUT2D eigenvalue weighted by molar-refractivity contribution is -0.164. The number of nitrogens with zero attached hydrogens (tertiary/aromatic N) is 1. The van der Waals surface area contributed by atoms with Gasteiger partial charge >= 0.3 is 12.1 Å². The van der Waals surface area contributed by atoms with Crippen LogP contribution in [0.25, 0.3) is 21.9 Å². The molecule has 0 aliphatic carbocycles. The van der Waals surface area contributed by atoms with Gasteiger partial charge in [-0.2, -0.15) is 18.4 Å². The maximum absolute atomic E-state index is 13.9. The average molecular weight is 418 g/mol. The number of nitrogens with one attached hydrogen (secondary N) is 1. The Morgan fingerprint density at radius 1 is 1.17 bits per heavy atom. The Morgan fingerprint density at radius 2 is 1.90 bits per heavy atom. The fourth-order valence-corrected chi connectivity index (χ4v) is 3.47. The Balaban J connectivity index is 2.04. The SMILES string of the molecule is COC(=O)[C@H](CC(C)C)NC(c1ccc2c(c1)oc1ccc(C#N)cc12)C(F)(F)F.